The molecule has 1 atom stereocenters. The maximum Gasteiger partial charge on any atom is 0.173 e. The van der Waals surface area contributed by atoms with E-state index in [0.29, 0.717) is 6.42 Å². The van der Waals surface area contributed by atoms with Crippen molar-refractivity contribution < 1.29 is 9.53 Å². The highest BCUT2D eigenvalue weighted by Gasteiger charge is 2.24. The molecule has 1 aliphatic rings. The summed E-state index contributed by atoms with van der Waals surface area (Å²) in [7, 11) is 0. The molecule has 1 fully saturated rings. The maximum absolute atomic E-state index is 11.6. The summed E-state index contributed by atoms with van der Waals surface area (Å²) in [5, 5.41) is 0. The van der Waals surface area contributed by atoms with E-state index in [1.807, 2.05) is 24.3 Å². The molecule has 1 aromatic carbocycles. The number of para-hydroxylation sites is 1. The number of ether oxygens (including phenoxy) is 1. The number of carbonyl (C=O) groups excluding carboxylic acids is 1. The van der Waals surface area contributed by atoms with Gasteiger partial charge in [-0.2, -0.15) is 0 Å². The molecule has 2 nitrogen and oxygen atoms in total. The van der Waals surface area contributed by atoms with Gasteiger partial charge in [0.15, 0.2) is 11.9 Å². The van der Waals surface area contributed by atoms with Crippen LogP contribution in [0.25, 0.3) is 0 Å². The highest BCUT2D eigenvalue weighted by molar-refractivity contribution is 9.10. The van der Waals surface area contributed by atoms with E-state index in [-0.39, 0.29) is 11.9 Å². The molecule has 1 saturated carbocycles. The van der Waals surface area contributed by atoms with E-state index in [1.54, 1.807) is 0 Å². The van der Waals surface area contributed by atoms with Crippen LogP contribution in [-0.4, -0.2) is 11.9 Å². The van der Waals surface area contributed by atoms with Crippen molar-refractivity contribution in [3.63, 3.8) is 0 Å². The molecular formula is C12H13BrO2. The summed E-state index contributed by atoms with van der Waals surface area (Å²) in [6.45, 7) is 0. The molecule has 2 rings (SSSR count). The summed E-state index contributed by atoms with van der Waals surface area (Å²) in [6, 6.07) is 7.64. The zero-order chi connectivity index (χ0) is 10.7. The van der Waals surface area contributed by atoms with Crippen LogP contribution in [0.3, 0.4) is 0 Å². The molecule has 15 heavy (non-hydrogen) atoms. The number of hydrogen-bond acceptors (Lipinski definition) is 2. The van der Waals surface area contributed by atoms with Gasteiger partial charge in [0.25, 0.3) is 0 Å². The zero-order valence-electron chi connectivity index (χ0n) is 8.41. The fourth-order valence-electron chi connectivity index (χ4n) is 1.77. The van der Waals surface area contributed by atoms with Crippen molar-refractivity contribution in [1.29, 1.82) is 0 Å². The zero-order valence-corrected chi connectivity index (χ0v) is 10.00. The molecule has 0 N–H and O–H groups in total. The quantitative estimate of drug-likeness (QED) is 0.823. The van der Waals surface area contributed by atoms with Crippen molar-refractivity contribution in [3.05, 3.63) is 28.7 Å². The van der Waals surface area contributed by atoms with Gasteiger partial charge in [0.05, 0.1) is 4.47 Å². The lowest BCUT2D eigenvalue weighted by atomic mass is 9.96. The van der Waals surface area contributed by atoms with E-state index in [2.05, 4.69) is 15.9 Å². The summed E-state index contributed by atoms with van der Waals surface area (Å²) in [4.78, 5) is 11.6. The molecule has 3 heteroatoms. The third kappa shape index (κ3) is 2.59. The summed E-state index contributed by atoms with van der Waals surface area (Å²) >= 11 is 3.41. The Morgan fingerprint density at radius 2 is 2.07 bits per heavy atom. The Kier molecular flexibility index (Phi) is 3.41. The largest absolute Gasteiger partial charge is 0.481 e. The number of ketones is 1. The second-order valence-electron chi connectivity index (χ2n) is 3.75. The third-order valence-electron chi connectivity index (χ3n) is 2.60. The smallest absolute Gasteiger partial charge is 0.173 e. The average molecular weight is 269 g/mol. The number of hydrogen-bond donors (Lipinski definition) is 0. The molecule has 0 amide bonds. The fourth-order valence-corrected chi connectivity index (χ4v) is 2.15. The molecule has 0 aromatic heterocycles. The van der Waals surface area contributed by atoms with E-state index >= 15 is 0 Å². The van der Waals surface area contributed by atoms with Crippen molar-refractivity contribution in [2.75, 3.05) is 0 Å². The van der Waals surface area contributed by atoms with Crippen molar-refractivity contribution in [1.82, 2.24) is 0 Å². The maximum atomic E-state index is 11.6. The number of carbonyl (C=O) groups is 1. The van der Waals surface area contributed by atoms with Gasteiger partial charge < -0.3 is 4.74 Å². The highest BCUT2D eigenvalue weighted by atomic mass is 79.9. The predicted molar refractivity (Wildman–Crippen MR) is 62.0 cm³/mol. The summed E-state index contributed by atoms with van der Waals surface area (Å²) in [5.74, 6) is 0.995. The Bertz CT molecular complexity index is 362. The van der Waals surface area contributed by atoms with Gasteiger partial charge in [0.2, 0.25) is 0 Å². The van der Waals surface area contributed by atoms with Gasteiger partial charge in [-0.15, -0.1) is 0 Å². The van der Waals surface area contributed by atoms with Gasteiger partial charge in [-0.1, -0.05) is 12.1 Å². The lowest BCUT2D eigenvalue weighted by molar-refractivity contribution is -0.127. The Balaban J connectivity index is 2.08. The van der Waals surface area contributed by atoms with E-state index in [1.165, 1.54) is 0 Å². The SMILES string of the molecule is O=C1CCCCC1Oc1ccccc1Br. The molecular weight excluding hydrogens is 256 g/mol. The van der Waals surface area contributed by atoms with Crippen molar-refractivity contribution in [2.45, 2.75) is 31.8 Å². The van der Waals surface area contributed by atoms with Gasteiger partial charge in [-0.05, 0) is 47.3 Å². The van der Waals surface area contributed by atoms with Crippen LogP contribution in [0.4, 0.5) is 0 Å². The summed E-state index contributed by atoms with van der Waals surface area (Å²) in [5.41, 5.74) is 0. The number of rotatable bonds is 2. The molecule has 0 spiro atoms. The molecule has 0 radical (unpaired) electrons. The van der Waals surface area contributed by atoms with E-state index in [9.17, 15) is 4.79 Å². The van der Waals surface area contributed by atoms with E-state index in [0.717, 1.165) is 29.5 Å². The van der Waals surface area contributed by atoms with E-state index < -0.39 is 0 Å². The molecule has 0 aliphatic heterocycles. The van der Waals surface area contributed by atoms with Crippen molar-refractivity contribution in [3.8, 4) is 5.75 Å². The molecule has 0 bridgehead atoms. The van der Waals surface area contributed by atoms with Gasteiger partial charge >= 0.3 is 0 Å². The first-order chi connectivity index (χ1) is 7.27. The lowest BCUT2D eigenvalue weighted by Gasteiger charge is -2.22. The van der Waals surface area contributed by atoms with Crippen LogP contribution in [0.2, 0.25) is 0 Å². The normalized spacial score (nSPS) is 21.4. The molecule has 1 unspecified atom stereocenters. The first kappa shape index (κ1) is 10.7. The Hall–Kier alpha value is -0.830. The van der Waals surface area contributed by atoms with Gasteiger partial charge in [0, 0.05) is 6.42 Å². The van der Waals surface area contributed by atoms with Gasteiger partial charge in [-0.3, -0.25) is 4.79 Å². The highest BCUT2D eigenvalue weighted by Crippen LogP contribution is 2.27. The standard InChI is InChI=1S/C12H13BrO2/c13-9-5-1-3-7-11(9)15-12-8-4-2-6-10(12)14/h1,3,5,7,12H,2,4,6,8H2. The molecule has 1 aromatic rings. The Morgan fingerprint density at radius 1 is 1.27 bits per heavy atom. The van der Waals surface area contributed by atoms with Crippen molar-refractivity contribution >= 4 is 21.7 Å². The van der Waals surface area contributed by atoms with Crippen LogP contribution >= 0.6 is 15.9 Å². The van der Waals surface area contributed by atoms with E-state index in [4.69, 9.17) is 4.74 Å². The van der Waals surface area contributed by atoms with Crippen LogP contribution in [-0.2, 0) is 4.79 Å². The minimum Gasteiger partial charge on any atom is -0.481 e. The first-order valence-electron chi connectivity index (χ1n) is 5.21. The lowest BCUT2D eigenvalue weighted by Crippen LogP contribution is -2.30. The second kappa shape index (κ2) is 4.79. The topological polar surface area (TPSA) is 26.3 Å². The molecule has 80 valence electrons. The van der Waals surface area contributed by atoms with Gasteiger partial charge in [0.1, 0.15) is 5.75 Å². The third-order valence-corrected chi connectivity index (χ3v) is 3.26. The number of halogens is 1. The molecule has 0 heterocycles. The molecule has 1 aliphatic carbocycles. The Morgan fingerprint density at radius 3 is 2.80 bits per heavy atom. The van der Waals surface area contributed by atoms with Crippen molar-refractivity contribution in [2.24, 2.45) is 0 Å². The van der Waals surface area contributed by atoms with Crippen LogP contribution in [0.5, 0.6) is 5.75 Å². The van der Waals surface area contributed by atoms with Crippen LogP contribution in [0, 0.1) is 0 Å². The van der Waals surface area contributed by atoms with Crippen LogP contribution in [0.1, 0.15) is 25.7 Å². The monoisotopic (exact) mass is 268 g/mol. The Labute approximate surface area is 97.8 Å². The van der Waals surface area contributed by atoms with Gasteiger partial charge in [-0.25, -0.2) is 0 Å². The fraction of sp³-hybridized carbons (Fsp3) is 0.417. The number of Topliss-reactive ketones (excluding diaryl/α,β-unsaturated/α-hetero) is 1. The molecule has 0 saturated heterocycles. The number of benzene rings is 1. The second-order valence-corrected chi connectivity index (χ2v) is 4.60. The first-order valence-corrected chi connectivity index (χ1v) is 6.00. The van der Waals surface area contributed by atoms with Crippen LogP contribution in [0.15, 0.2) is 28.7 Å². The predicted octanol–water partition coefficient (Wildman–Crippen LogP) is 3.34. The summed E-state index contributed by atoms with van der Waals surface area (Å²) < 4.78 is 6.61. The van der Waals surface area contributed by atoms with Crippen LogP contribution < -0.4 is 4.74 Å². The minimum absolute atomic E-state index is 0.233. The average Bonchev–Trinajstić information content (AvgIpc) is 2.24. The summed E-state index contributed by atoms with van der Waals surface area (Å²) in [6.07, 6.45) is 3.36. The minimum atomic E-state index is -0.238.